The van der Waals surface area contributed by atoms with Crippen LogP contribution in [0.2, 0.25) is 0 Å². The molecule has 0 aliphatic rings. The molecular formula is C12H8F2N2O2. The first-order valence-corrected chi connectivity index (χ1v) is 5.01. The van der Waals surface area contributed by atoms with Crippen molar-refractivity contribution in [1.29, 1.82) is 0 Å². The van der Waals surface area contributed by atoms with Crippen LogP contribution in [0.5, 0.6) is 0 Å². The molecule has 1 N–H and O–H groups in total. The molecule has 6 heteroatoms. The number of benzene rings is 1. The highest BCUT2D eigenvalue weighted by molar-refractivity contribution is 5.76. The Bertz CT molecular complexity index is 556. The second kappa shape index (κ2) is 4.48. The zero-order chi connectivity index (χ0) is 13.2. The third-order valence-electron chi connectivity index (χ3n) is 2.31. The van der Waals surface area contributed by atoms with Crippen molar-refractivity contribution in [3.63, 3.8) is 0 Å². The van der Waals surface area contributed by atoms with E-state index in [1.165, 1.54) is 12.4 Å². The minimum Gasteiger partial charge on any atom is -0.476 e. The lowest BCUT2D eigenvalue weighted by molar-refractivity contribution is -0.167. The number of aromatic nitrogens is 2. The van der Waals surface area contributed by atoms with Crippen molar-refractivity contribution in [1.82, 2.24) is 9.97 Å². The summed E-state index contributed by atoms with van der Waals surface area (Å²) in [5.74, 6) is -7.36. The van der Waals surface area contributed by atoms with E-state index in [4.69, 9.17) is 5.11 Å². The molecule has 0 saturated heterocycles. The molecule has 0 amide bonds. The third kappa shape index (κ3) is 2.17. The molecule has 1 aromatic carbocycles. The number of alkyl halides is 2. The summed E-state index contributed by atoms with van der Waals surface area (Å²) in [6, 6.07) is 8.93. The molecule has 92 valence electrons. The van der Waals surface area contributed by atoms with E-state index in [1.807, 2.05) is 6.07 Å². The maximum atomic E-state index is 13.1. The van der Waals surface area contributed by atoms with Crippen LogP contribution in [0.1, 0.15) is 5.82 Å². The van der Waals surface area contributed by atoms with E-state index in [0.717, 1.165) is 5.56 Å². The molecule has 1 heterocycles. The molecular weight excluding hydrogens is 242 g/mol. The Balaban J connectivity index is 2.35. The van der Waals surface area contributed by atoms with Gasteiger partial charge in [0, 0.05) is 18.0 Å². The lowest BCUT2D eigenvalue weighted by Crippen LogP contribution is -2.27. The van der Waals surface area contributed by atoms with Crippen molar-refractivity contribution < 1.29 is 18.7 Å². The largest absolute Gasteiger partial charge is 0.476 e. The summed E-state index contributed by atoms with van der Waals surface area (Å²) in [4.78, 5) is 17.2. The average Bonchev–Trinajstić information content (AvgIpc) is 2.40. The van der Waals surface area contributed by atoms with E-state index in [9.17, 15) is 13.6 Å². The Hall–Kier alpha value is -2.37. The molecule has 2 aromatic rings. The van der Waals surface area contributed by atoms with Gasteiger partial charge in [0.2, 0.25) is 5.82 Å². The van der Waals surface area contributed by atoms with Gasteiger partial charge in [-0.3, -0.25) is 0 Å². The number of rotatable bonds is 3. The summed E-state index contributed by atoms with van der Waals surface area (Å²) >= 11 is 0. The molecule has 0 radical (unpaired) electrons. The predicted molar refractivity (Wildman–Crippen MR) is 59.0 cm³/mol. The van der Waals surface area contributed by atoms with Gasteiger partial charge in [0.05, 0.1) is 0 Å². The molecule has 0 atom stereocenters. The second-order valence-electron chi connectivity index (χ2n) is 3.54. The van der Waals surface area contributed by atoms with Gasteiger partial charge in [-0.15, -0.1) is 0 Å². The van der Waals surface area contributed by atoms with E-state index in [1.54, 1.807) is 24.3 Å². The van der Waals surface area contributed by atoms with Crippen LogP contribution >= 0.6 is 0 Å². The van der Waals surface area contributed by atoms with Gasteiger partial charge in [0.15, 0.2) is 0 Å². The van der Waals surface area contributed by atoms with Crippen molar-refractivity contribution in [3.05, 3.63) is 48.5 Å². The Morgan fingerprint density at radius 2 is 1.61 bits per heavy atom. The molecule has 0 bridgehead atoms. The molecule has 0 aliphatic carbocycles. The summed E-state index contributed by atoms with van der Waals surface area (Å²) in [6.45, 7) is 0. The molecule has 1 aromatic heterocycles. The first-order chi connectivity index (χ1) is 8.51. The number of carboxylic acids is 1. The first kappa shape index (κ1) is 12.1. The second-order valence-corrected chi connectivity index (χ2v) is 3.54. The molecule has 4 nitrogen and oxygen atoms in total. The highest BCUT2D eigenvalue weighted by atomic mass is 19.3. The van der Waals surface area contributed by atoms with Crippen LogP contribution in [0.25, 0.3) is 11.1 Å². The van der Waals surface area contributed by atoms with Crippen LogP contribution in [0.4, 0.5) is 8.78 Å². The maximum absolute atomic E-state index is 13.1. The molecule has 0 spiro atoms. The van der Waals surface area contributed by atoms with Crippen LogP contribution in [0, 0.1) is 0 Å². The zero-order valence-corrected chi connectivity index (χ0v) is 9.05. The number of aliphatic carboxylic acids is 1. The van der Waals surface area contributed by atoms with Crippen molar-refractivity contribution in [3.8, 4) is 11.1 Å². The van der Waals surface area contributed by atoms with Gasteiger partial charge in [-0.2, -0.15) is 8.78 Å². The van der Waals surface area contributed by atoms with Crippen LogP contribution in [-0.4, -0.2) is 21.0 Å². The van der Waals surface area contributed by atoms with Crippen LogP contribution < -0.4 is 0 Å². The van der Waals surface area contributed by atoms with Crippen molar-refractivity contribution in [2.45, 2.75) is 5.92 Å². The van der Waals surface area contributed by atoms with E-state index >= 15 is 0 Å². The Morgan fingerprint density at radius 1 is 1.06 bits per heavy atom. The number of hydrogen-bond acceptors (Lipinski definition) is 3. The predicted octanol–water partition coefficient (Wildman–Crippen LogP) is 2.32. The summed E-state index contributed by atoms with van der Waals surface area (Å²) < 4.78 is 26.2. The normalized spacial score (nSPS) is 11.2. The van der Waals surface area contributed by atoms with Gasteiger partial charge in [-0.1, -0.05) is 30.3 Å². The SMILES string of the molecule is O=C(O)C(F)(F)c1ncc(-c2ccccc2)cn1. The van der Waals surface area contributed by atoms with E-state index in [-0.39, 0.29) is 0 Å². The summed E-state index contributed by atoms with van der Waals surface area (Å²) in [5.41, 5.74) is 1.31. The minimum absolute atomic E-state index is 0.542. The molecule has 0 unspecified atom stereocenters. The fraction of sp³-hybridized carbons (Fsp3) is 0.0833. The molecule has 18 heavy (non-hydrogen) atoms. The summed E-state index contributed by atoms with van der Waals surface area (Å²) in [5, 5.41) is 8.35. The van der Waals surface area contributed by atoms with Crippen molar-refractivity contribution in [2.24, 2.45) is 0 Å². The van der Waals surface area contributed by atoms with Crippen LogP contribution in [0.3, 0.4) is 0 Å². The van der Waals surface area contributed by atoms with E-state index < -0.39 is 17.7 Å². The number of hydrogen-bond donors (Lipinski definition) is 1. The third-order valence-corrected chi connectivity index (χ3v) is 2.31. The average molecular weight is 250 g/mol. The van der Waals surface area contributed by atoms with Gasteiger partial charge in [-0.05, 0) is 5.56 Å². The number of halogens is 2. The molecule has 2 rings (SSSR count). The fourth-order valence-corrected chi connectivity index (χ4v) is 1.37. The topological polar surface area (TPSA) is 63.1 Å². The monoisotopic (exact) mass is 250 g/mol. The molecule has 0 aliphatic heterocycles. The first-order valence-electron chi connectivity index (χ1n) is 5.01. The number of carboxylic acid groups (broad SMARTS) is 1. The van der Waals surface area contributed by atoms with Gasteiger partial charge < -0.3 is 5.11 Å². The fourth-order valence-electron chi connectivity index (χ4n) is 1.37. The Morgan fingerprint density at radius 3 is 2.11 bits per heavy atom. The minimum atomic E-state index is -4.07. The lowest BCUT2D eigenvalue weighted by Gasteiger charge is -2.09. The van der Waals surface area contributed by atoms with Crippen LogP contribution in [0.15, 0.2) is 42.7 Å². The zero-order valence-electron chi connectivity index (χ0n) is 9.05. The smallest absolute Gasteiger partial charge is 0.400 e. The Kier molecular flexibility index (Phi) is 3.01. The summed E-state index contributed by atoms with van der Waals surface area (Å²) in [7, 11) is 0. The van der Waals surface area contributed by atoms with Gasteiger partial charge in [0.25, 0.3) is 0 Å². The van der Waals surface area contributed by atoms with Crippen molar-refractivity contribution in [2.75, 3.05) is 0 Å². The number of carbonyl (C=O) groups is 1. The van der Waals surface area contributed by atoms with Crippen LogP contribution in [-0.2, 0) is 10.7 Å². The Labute approximate surface area is 101 Å². The van der Waals surface area contributed by atoms with E-state index in [2.05, 4.69) is 9.97 Å². The standard InChI is InChI=1S/C12H8F2N2O2/c13-12(14,11(17)18)10-15-6-9(7-16-10)8-4-2-1-3-5-8/h1-7H,(H,17,18). The lowest BCUT2D eigenvalue weighted by atomic mass is 10.1. The quantitative estimate of drug-likeness (QED) is 0.907. The highest BCUT2D eigenvalue weighted by Crippen LogP contribution is 2.26. The van der Waals surface area contributed by atoms with Gasteiger partial charge in [0.1, 0.15) is 0 Å². The van der Waals surface area contributed by atoms with Gasteiger partial charge >= 0.3 is 11.9 Å². The summed E-state index contributed by atoms with van der Waals surface area (Å²) in [6.07, 6.45) is 2.35. The van der Waals surface area contributed by atoms with Gasteiger partial charge in [-0.25, -0.2) is 14.8 Å². The number of nitrogens with zero attached hydrogens (tertiary/aromatic N) is 2. The molecule has 0 saturated carbocycles. The van der Waals surface area contributed by atoms with E-state index in [0.29, 0.717) is 5.56 Å². The van der Waals surface area contributed by atoms with Crippen molar-refractivity contribution >= 4 is 5.97 Å². The maximum Gasteiger partial charge on any atom is 0.400 e. The highest BCUT2D eigenvalue weighted by Gasteiger charge is 2.44. The molecule has 0 fully saturated rings.